The maximum absolute atomic E-state index is 11.7. The number of carboxylic acid groups (broad SMARTS) is 1. The molecule has 0 spiro atoms. The fourth-order valence-corrected chi connectivity index (χ4v) is 2.69. The first-order valence-electron chi connectivity index (χ1n) is 7.26. The van der Waals surface area contributed by atoms with Gasteiger partial charge in [0, 0.05) is 12.7 Å². The summed E-state index contributed by atoms with van der Waals surface area (Å²) in [7, 11) is 0. The van der Waals surface area contributed by atoms with E-state index in [0.29, 0.717) is 24.1 Å². The molecule has 1 aliphatic carbocycles. The summed E-state index contributed by atoms with van der Waals surface area (Å²) < 4.78 is 0. The molecule has 0 radical (unpaired) electrons. The molecule has 0 aliphatic heterocycles. The second-order valence-corrected chi connectivity index (χ2v) is 5.57. The average Bonchev–Trinajstić information content (AvgIpc) is 2.88. The molecule has 1 saturated carbocycles. The molecule has 0 saturated heterocycles. The maximum Gasteiger partial charge on any atom is 0.335 e. The first-order chi connectivity index (χ1) is 10.1. The Morgan fingerprint density at radius 1 is 1.38 bits per heavy atom. The number of aromatic carboxylic acids is 1. The van der Waals surface area contributed by atoms with Crippen LogP contribution in [-0.4, -0.2) is 28.6 Å². The smallest absolute Gasteiger partial charge is 0.335 e. The summed E-state index contributed by atoms with van der Waals surface area (Å²) in [5.74, 6) is 0.224. The van der Waals surface area contributed by atoms with Gasteiger partial charge in [-0.3, -0.25) is 4.98 Å². The number of nitrogens with one attached hydrogen (secondary N) is 2. The standard InChI is InChI=1S/C15H21N3O3/c1-10-3-2-4-12(10)8-17-15(21)18-9-13-7-11(14(19)20)5-6-16-13/h5-7,10,12H,2-4,8-9H2,1H3,(H,19,20)(H2,17,18,21). The fourth-order valence-electron chi connectivity index (χ4n) is 2.69. The Kier molecular flexibility index (Phi) is 5.14. The van der Waals surface area contributed by atoms with E-state index in [0.717, 1.165) is 0 Å². The van der Waals surface area contributed by atoms with E-state index in [1.807, 2.05) is 0 Å². The summed E-state index contributed by atoms with van der Waals surface area (Å²) >= 11 is 0. The molecule has 0 bridgehead atoms. The molecule has 2 amide bonds. The van der Waals surface area contributed by atoms with E-state index >= 15 is 0 Å². The second kappa shape index (κ2) is 7.06. The molecule has 2 rings (SSSR count). The Morgan fingerprint density at radius 3 is 2.86 bits per heavy atom. The highest BCUT2D eigenvalue weighted by Gasteiger charge is 2.23. The van der Waals surface area contributed by atoms with Crippen LogP contribution in [0.3, 0.4) is 0 Å². The molecular weight excluding hydrogens is 270 g/mol. The number of pyridine rings is 1. The lowest BCUT2D eigenvalue weighted by Crippen LogP contribution is -2.38. The summed E-state index contributed by atoms with van der Waals surface area (Å²) in [6.45, 7) is 3.13. The van der Waals surface area contributed by atoms with Crippen LogP contribution in [0.5, 0.6) is 0 Å². The fraction of sp³-hybridized carbons (Fsp3) is 0.533. The minimum Gasteiger partial charge on any atom is -0.478 e. The Hall–Kier alpha value is -2.11. The third-order valence-electron chi connectivity index (χ3n) is 4.06. The molecule has 3 N–H and O–H groups in total. The highest BCUT2D eigenvalue weighted by Crippen LogP contribution is 2.30. The number of amides is 2. The molecule has 6 heteroatoms. The number of carboxylic acids is 1. The van der Waals surface area contributed by atoms with E-state index < -0.39 is 5.97 Å². The summed E-state index contributed by atoms with van der Waals surface area (Å²) in [5.41, 5.74) is 0.696. The zero-order valence-corrected chi connectivity index (χ0v) is 12.1. The number of nitrogens with zero attached hydrogens (tertiary/aromatic N) is 1. The van der Waals surface area contributed by atoms with E-state index in [9.17, 15) is 9.59 Å². The van der Waals surface area contributed by atoms with Crippen LogP contribution in [0.15, 0.2) is 18.3 Å². The number of carbonyl (C=O) groups is 2. The van der Waals surface area contributed by atoms with Crippen molar-refractivity contribution in [2.45, 2.75) is 32.7 Å². The maximum atomic E-state index is 11.7. The van der Waals surface area contributed by atoms with Crippen molar-refractivity contribution in [3.8, 4) is 0 Å². The third kappa shape index (κ3) is 4.44. The van der Waals surface area contributed by atoms with Crippen molar-refractivity contribution in [2.75, 3.05) is 6.54 Å². The first-order valence-corrected chi connectivity index (χ1v) is 7.26. The molecule has 2 atom stereocenters. The zero-order valence-electron chi connectivity index (χ0n) is 12.1. The number of hydrogen-bond acceptors (Lipinski definition) is 3. The van der Waals surface area contributed by atoms with Gasteiger partial charge in [0.2, 0.25) is 0 Å². The van der Waals surface area contributed by atoms with Gasteiger partial charge in [-0.05, 0) is 30.4 Å². The van der Waals surface area contributed by atoms with Crippen molar-refractivity contribution in [2.24, 2.45) is 11.8 Å². The largest absolute Gasteiger partial charge is 0.478 e. The van der Waals surface area contributed by atoms with Gasteiger partial charge in [0.15, 0.2) is 0 Å². The number of carbonyl (C=O) groups excluding carboxylic acids is 1. The van der Waals surface area contributed by atoms with E-state index in [-0.39, 0.29) is 18.1 Å². The number of hydrogen-bond donors (Lipinski definition) is 3. The normalized spacial score (nSPS) is 21.0. The minimum atomic E-state index is -1.00. The predicted octanol–water partition coefficient (Wildman–Crippen LogP) is 2.02. The highest BCUT2D eigenvalue weighted by atomic mass is 16.4. The summed E-state index contributed by atoms with van der Waals surface area (Å²) in [5, 5.41) is 14.5. The van der Waals surface area contributed by atoms with Crippen LogP contribution in [0, 0.1) is 11.8 Å². The molecule has 21 heavy (non-hydrogen) atoms. The van der Waals surface area contributed by atoms with Crippen molar-refractivity contribution in [1.82, 2.24) is 15.6 Å². The first kappa shape index (κ1) is 15.3. The SMILES string of the molecule is CC1CCCC1CNC(=O)NCc1cc(C(=O)O)ccn1. The van der Waals surface area contributed by atoms with Crippen molar-refractivity contribution >= 4 is 12.0 Å². The van der Waals surface area contributed by atoms with Crippen LogP contribution in [0.2, 0.25) is 0 Å². The lowest BCUT2D eigenvalue weighted by Gasteiger charge is -2.16. The average molecular weight is 291 g/mol. The number of rotatable bonds is 5. The topological polar surface area (TPSA) is 91.3 Å². The molecule has 0 aromatic carbocycles. The molecule has 2 unspecified atom stereocenters. The van der Waals surface area contributed by atoms with Gasteiger partial charge >= 0.3 is 12.0 Å². The van der Waals surface area contributed by atoms with Crippen LogP contribution in [0.4, 0.5) is 4.79 Å². The van der Waals surface area contributed by atoms with Crippen molar-refractivity contribution in [1.29, 1.82) is 0 Å². The van der Waals surface area contributed by atoms with Crippen LogP contribution >= 0.6 is 0 Å². The van der Waals surface area contributed by atoms with E-state index in [1.165, 1.54) is 37.6 Å². The lowest BCUT2D eigenvalue weighted by atomic mass is 9.98. The van der Waals surface area contributed by atoms with Gasteiger partial charge in [0.25, 0.3) is 0 Å². The lowest BCUT2D eigenvalue weighted by molar-refractivity contribution is 0.0696. The van der Waals surface area contributed by atoms with Crippen molar-refractivity contribution in [3.05, 3.63) is 29.6 Å². The minimum absolute atomic E-state index is 0.169. The summed E-state index contributed by atoms with van der Waals surface area (Å²) in [6, 6.07) is 2.64. The second-order valence-electron chi connectivity index (χ2n) is 5.57. The Labute approximate surface area is 124 Å². The van der Waals surface area contributed by atoms with Crippen LogP contribution < -0.4 is 10.6 Å². The van der Waals surface area contributed by atoms with E-state index in [4.69, 9.17) is 5.11 Å². The molecule has 6 nitrogen and oxygen atoms in total. The van der Waals surface area contributed by atoms with E-state index in [1.54, 1.807) is 0 Å². The van der Waals surface area contributed by atoms with Gasteiger partial charge in [0.05, 0.1) is 17.8 Å². The molecule has 114 valence electrons. The molecule has 1 aromatic rings. The highest BCUT2D eigenvalue weighted by molar-refractivity contribution is 5.87. The van der Waals surface area contributed by atoms with Gasteiger partial charge in [-0.25, -0.2) is 9.59 Å². The van der Waals surface area contributed by atoms with Crippen LogP contribution in [-0.2, 0) is 6.54 Å². The van der Waals surface area contributed by atoms with Crippen LogP contribution in [0.1, 0.15) is 42.2 Å². The molecule has 1 aliphatic rings. The van der Waals surface area contributed by atoms with Crippen molar-refractivity contribution < 1.29 is 14.7 Å². The Balaban J connectivity index is 1.76. The Bertz CT molecular complexity index is 519. The monoisotopic (exact) mass is 291 g/mol. The Morgan fingerprint density at radius 2 is 2.19 bits per heavy atom. The van der Waals surface area contributed by atoms with Crippen molar-refractivity contribution in [3.63, 3.8) is 0 Å². The van der Waals surface area contributed by atoms with Gasteiger partial charge in [-0.1, -0.05) is 19.8 Å². The molecule has 1 heterocycles. The van der Waals surface area contributed by atoms with Gasteiger partial charge < -0.3 is 15.7 Å². The summed E-state index contributed by atoms with van der Waals surface area (Å²) in [6.07, 6.45) is 5.07. The number of urea groups is 1. The van der Waals surface area contributed by atoms with Gasteiger partial charge in [0.1, 0.15) is 0 Å². The quantitative estimate of drug-likeness (QED) is 0.774. The molecule has 1 fully saturated rings. The van der Waals surface area contributed by atoms with Crippen LogP contribution in [0.25, 0.3) is 0 Å². The predicted molar refractivity (Wildman–Crippen MR) is 77.9 cm³/mol. The molecular formula is C15H21N3O3. The van der Waals surface area contributed by atoms with Gasteiger partial charge in [-0.2, -0.15) is 0 Å². The van der Waals surface area contributed by atoms with Gasteiger partial charge in [-0.15, -0.1) is 0 Å². The third-order valence-corrected chi connectivity index (χ3v) is 4.06. The summed E-state index contributed by atoms with van der Waals surface area (Å²) in [4.78, 5) is 26.6. The zero-order chi connectivity index (χ0) is 15.2. The number of aromatic nitrogens is 1. The van der Waals surface area contributed by atoms with E-state index in [2.05, 4.69) is 22.5 Å². The molecule has 1 aromatic heterocycles.